The molecule has 10 heteroatoms. The maximum atomic E-state index is 11.8. The number of hydrogen-bond acceptors (Lipinski definition) is 7. The molecule has 1 aromatic rings. The molecular weight excluding hydrogens is 332 g/mol. The van der Waals surface area contributed by atoms with Crippen molar-refractivity contribution in [3.05, 3.63) is 30.3 Å². The Morgan fingerprint density at radius 3 is 2.48 bits per heavy atom. The molecule has 0 radical (unpaired) electrons. The van der Waals surface area contributed by atoms with Gasteiger partial charge in [-0.05, 0) is 12.1 Å². The molecule has 136 valence electrons. The average molecular weight is 352 g/mol. The third-order valence-electron chi connectivity index (χ3n) is 3.45. The van der Waals surface area contributed by atoms with Gasteiger partial charge in [0.05, 0.1) is 6.61 Å². The zero-order valence-electron chi connectivity index (χ0n) is 13.4. The van der Waals surface area contributed by atoms with Gasteiger partial charge in [-0.3, -0.25) is 4.79 Å². The van der Waals surface area contributed by atoms with Crippen molar-refractivity contribution in [2.75, 3.05) is 11.9 Å². The number of rotatable bonds is 4. The van der Waals surface area contributed by atoms with Crippen LogP contribution in [0.1, 0.15) is 6.92 Å². The fourth-order valence-electron chi connectivity index (χ4n) is 2.25. The molecule has 1 aromatic carbocycles. The Hall–Kier alpha value is -2.69. The number of aliphatic hydroxyl groups excluding tert-OH is 3. The number of ether oxygens (including phenoxy) is 1. The molecule has 25 heavy (non-hydrogen) atoms. The summed E-state index contributed by atoms with van der Waals surface area (Å²) < 4.78 is 5.27. The molecule has 0 aromatic heterocycles. The topological polar surface area (TPSA) is 153 Å². The van der Waals surface area contributed by atoms with Gasteiger partial charge in [0.25, 0.3) is 0 Å². The highest BCUT2D eigenvalue weighted by atomic mass is 16.5. The van der Waals surface area contributed by atoms with E-state index in [1.54, 1.807) is 30.3 Å². The van der Waals surface area contributed by atoms with E-state index in [1.807, 2.05) is 0 Å². The van der Waals surface area contributed by atoms with Crippen molar-refractivity contribution < 1.29 is 29.6 Å². The van der Waals surface area contributed by atoms with Gasteiger partial charge in [0.1, 0.15) is 18.2 Å². The number of nitrogens with one attached hydrogen (secondary N) is 3. The fraction of sp³-hybridized carbons (Fsp3) is 0.400. The molecule has 1 saturated heterocycles. The third kappa shape index (κ3) is 4.89. The highest BCUT2D eigenvalue weighted by Crippen LogP contribution is 2.17. The van der Waals surface area contributed by atoms with Gasteiger partial charge in [0.2, 0.25) is 11.8 Å². The quantitative estimate of drug-likeness (QED) is 0.372. The Morgan fingerprint density at radius 1 is 1.20 bits per heavy atom. The minimum atomic E-state index is -1.47. The monoisotopic (exact) mass is 352 g/mol. The zero-order chi connectivity index (χ0) is 18.4. The number of nitrogens with zero attached hydrogens (tertiary/aromatic N) is 1. The van der Waals surface area contributed by atoms with E-state index >= 15 is 0 Å². The van der Waals surface area contributed by atoms with Crippen molar-refractivity contribution in [1.29, 1.82) is 0 Å². The summed E-state index contributed by atoms with van der Waals surface area (Å²) in [6.07, 6.45) is -4.04. The van der Waals surface area contributed by atoms with Crippen LogP contribution in [0, 0.1) is 0 Å². The number of amides is 3. The van der Waals surface area contributed by atoms with Crippen LogP contribution in [-0.2, 0) is 9.53 Å². The summed E-state index contributed by atoms with van der Waals surface area (Å²) in [4.78, 5) is 23.1. The Morgan fingerprint density at radius 2 is 1.88 bits per heavy atom. The first kappa shape index (κ1) is 18.6. The van der Waals surface area contributed by atoms with Crippen LogP contribution in [0.25, 0.3) is 0 Å². The van der Waals surface area contributed by atoms with E-state index in [9.17, 15) is 24.9 Å². The van der Waals surface area contributed by atoms with Crippen LogP contribution in [0.3, 0.4) is 0 Å². The maximum absolute atomic E-state index is 11.8. The molecule has 10 nitrogen and oxygen atoms in total. The average Bonchev–Trinajstić information content (AvgIpc) is 2.59. The highest BCUT2D eigenvalue weighted by Gasteiger charge is 2.43. The lowest BCUT2D eigenvalue weighted by molar-refractivity contribution is -0.125. The van der Waals surface area contributed by atoms with E-state index in [-0.39, 0.29) is 5.90 Å². The Labute approximate surface area is 143 Å². The Bertz CT molecular complexity index is 638. The predicted octanol–water partition coefficient (Wildman–Crippen LogP) is -1.26. The molecule has 1 heterocycles. The number of hydrazone groups is 1. The first-order valence-electron chi connectivity index (χ1n) is 7.52. The van der Waals surface area contributed by atoms with E-state index < -0.39 is 42.9 Å². The third-order valence-corrected chi connectivity index (χ3v) is 3.45. The lowest BCUT2D eigenvalue weighted by Gasteiger charge is -2.37. The van der Waals surface area contributed by atoms with E-state index in [4.69, 9.17) is 4.74 Å². The van der Waals surface area contributed by atoms with Gasteiger partial charge in [-0.1, -0.05) is 18.2 Å². The van der Waals surface area contributed by atoms with Crippen molar-refractivity contribution >= 4 is 23.5 Å². The number of anilines is 1. The molecule has 1 aliphatic rings. The molecule has 0 aliphatic carbocycles. The summed E-state index contributed by atoms with van der Waals surface area (Å²) in [5.74, 6) is -0.737. The summed E-state index contributed by atoms with van der Waals surface area (Å²) in [6, 6.07) is 6.76. The van der Waals surface area contributed by atoms with E-state index in [0.29, 0.717) is 5.69 Å². The molecule has 1 fully saturated rings. The number of aliphatic hydroxyl groups is 3. The molecule has 4 unspecified atom stereocenters. The molecule has 2 rings (SSSR count). The minimum absolute atomic E-state index is 0.240. The van der Waals surface area contributed by atoms with Crippen LogP contribution in [0.4, 0.5) is 10.5 Å². The highest BCUT2D eigenvalue weighted by molar-refractivity contribution is 5.92. The zero-order valence-corrected chi connectivity index (χ0v) is 13.4. The number of benzene rings is 1. The Balaban J connectivity index is 2.09. The van der Waals surface area contributed by atoms with Crippen molar-refractivity contribution in [1.82, 2.24) is 10.7 Å². The molecule has 4 atom stereocenters. The molecular formula is C15H20N4O6. The van der Waals surface area contributed by atoms with Gasteiger partial charge < -0.3 is 30.7 Å². The van der Waals surface area contributed by atoms with Crippen LogP contribution in [0.2, 0.25) is 0 Å². The molecule has 0 spiro atoms. The van der Waals surface area contributed by atoms with Crippen LogP contribution in [-0.4, -0.2) is 64.1 Å². The molecule has 0 saturated carbocycles. The SMILES string of the molecule is CC(=O)NC1/C(=N/NC(=O)Nc2ccccc2)OC(CO)C(O)C1O. The standard InChI is InChI=1S/C15H20N4O6/c1-8(21)16-11-13(23)12(22)10(7-20)25-14(11)18-19-15(24)17-9-5-3-2-4-6-9/h2-6,10-13,20,22-23H,7H2,1H3,(H,16,21)(H2,17,19,24)/b18-14-. The second kappa shape index (κ2) is 8.42. The van der Waals surface area contributed by atoms with Crippen LogP contribution in [0.15, 0.2) is 35.4 Å². The largest absolute Gasteiger partial charge is 0.470 e. The maximum Gasteiger partial charge on any atom is 0.339 e. The molecule has 6 N–H and O–H groups in total. The van der Waals surface area contributed by atoms with Crippen LogP contribution in [0.5, 0.6) is 0 Å². The first-order chi connectivity index (χ1) is 11.9. The second-order valence-electron chi connectivity index (χ2n) is 5.38. The number of hydrogen-bond donors (Lipinski definition) is 6. The van der Waals surface area contributed by atoms with E-state index in [0.717, 1.165) is 0 Å². The predicted molar refractivity (Wildman–Crippen MR) is 87.6 cm³/mol. The second-order valence-corrected chi connectivity index (χ2v) is 5.38. The van der Waals surface area contributed by atoms with Crippen molar-refractivity contribution in [2.45, 2.75) is 31.3 Å². The molecule has 0 bridgehead atoms. The summed E-state index contributed by atoms with van der Waals surface area (Å²) in [5.41, 5.74) is 2.71. The summed E-state index contributed by atoms with van der Waals surface area (Å²) in [7, 11) is 0. The van der Waals surface area contributed by atoms with Crippen molar-refractivity contribution in [3.63, 3.8) is 0 Å². The number of urea groups is 1. The first-order valence-corrected chi connectivity index (χ1v) is 7.52. The summed E-state index contributed by atoms with van der Waals surface area (Å²) >= 11 is 0. The van der Waals surface area contributed by atoms with E-state index in [1.165, 1.54) is 6.92 Å². The van der Waals surface area contributed by atoms with Crippen LogP contribution < -0.4 is 16.1 Å². The minimum Gasteiger partial charge on any atom is -0.470 e. The lowest BCUT2D eigenvalue weighted by Crippen LogP contribution is -2.62. The molecule has 3 amide bonds. The Kier molecular flexibility index (Phi) is 6.28. The summed E-state index contributed by atoms with van der Waals surface area (Å²) in [6.45, 7) is 0.630. The van der Waals surface area contributed by atoms with Crippen molar-refractivity contribution in [2.24, 2.45) is 5.10 Å². The van der Waals surface area contributed by atoms with Gasteiger partial charge >= 0.3 is 6.03 Å². The molecule has 1 aliphatic heterocycles. The van der Waals surface area contributed by atoms with Gasteiger partial charge in [0.15, 0.2) is 6.10 Å². The van der Waals surface area contributed by atoms with Gasteiger partial charge in [-0.15, -0.1) is 5.10 Å². The lowest BCUT2D eigenvalue weighted by atomic mass is 9.97. The van der Waals surface area contributed by atoms with E-state index in [2.05, 4.69) is 21.2 Å². The number of para-hydroxylation sites is 1. The fourth-order valence-corrected chi connectivity index (χ4v) is 2.25. The van der Waals surface area contributed by atoms with Crippen LogP contribution >= 0.6 is 0 Å². The number of carbonyl (C=O) groups is 2. The van der Waals surface area contributed by atoms with Crippen molar-refractivity contribution in [3.8, 4) is 0 Å². The summed E-state index contributed by atoms with van der Waals surface area (Å²) in [5, 5.41) is 37.8. The van der Waals surface area contributed by atoms with Gasteiger partial charge in [-0.25, -0.2) is 10.2 Å². The number of carbonyl (C=O) groups excluding carboxylic acids is 2. The van der Waals surface area contributed by atoms with Gasteiger partial charge in [0, 0.05) is 12.6 Å². The smallest absolute Gasteiger partial charge is 0.339 e. The normalized spacial score (nSPS) is 27.3. The van der Waals surface area contributed by atoms with Gasteiger partial charge in [-0.2, -0.15) is 0 Å².